The molecule has 0 aliphatic heterocycles. The van der Waals surface area contributed by atoms with Crippen molar-refractivity contribution in [3.05, 3.63) is 36.0 Å². The van der Waals surface area contributed by atoms with Gasteiger partial charge in [-0.1, -0.05) is 45.4 Å². The number of nitrogens with one attached hydrogen (secondary N) is 1. The molecule has 0 saturated carbocycles. The van der Waals surface area contributed by atoms with Crippen LogP contribution in [0.25, 0.3) is 10.9 Å². The van der Waals surface area contributed by atoms with Crippen LogP contribution in [0.5, 0.6) is 0 Å². The van der Waals surface area contributed by atoms with Crippen molar-refractivity contribution in [1.29, 1.82) is 0 Å². The first-order valence-electron chi connectivity index (χ1n) is 7.92. The fourth-order valence-electron chi connectivity index (χ4n) is 2.86. The SMILES string of the molecule is CCCC(C)n1ccc2cccc(CNCC(C)C)c21. The molecule has 1 N–H and O–H groups in total. The van der Waals surface area contributed by atoms with Gasteiger partial charge >= 0.3 is 0 Å². The van der Waals surface area contributed by atoms with Gasteiger partial charge in [-0.25, -0.2) is 0 Å². The van der Waals surface area contributed by atoms with Crippen molar-refractivity contribution in [3.63, 3.8) is 0 Å². The number of rotatable bonds is 7. The maximum absolute atomic E-state index is 3.57. The molecule has 0 aliphatic carbocycles. The van der Waals surface area contributed by atoms with Crippen molar-refractivity contribution in [2.45, 2.75) is 53.1 Å². The van der Waals surface area contributed by atoms with E-state index in [1.54, 1.807) is 0 Å². The quantitative estimate of drug-likeness (QED) is 0.769. The maximum Gasteiger partial charge on any atom is 0.0528 e. The summed E-state index contributed by atoms with van der Waals surface area (Å²) in [7, 11) is 0. The molecular formula is C18H28N2. The first-order chi connectivity index (χ1) is 9.63. The van der Waals surface area contributed by atoms with Crippen molar-refractivity contribution in [3.8, 4) is 0 Å². The molecule has 0 fully saturated rings. The molecule has 1 atom stereocenters. The lowest BCUT2D eigenvalue weighted by Crippen LogP contribution is -2.19. The van der Waals surface area contributed by atoms with Crippen LogP contribution in [0.15, 0.2) is 30.5 Å². The van der Waals surface area contributed by atoms with Gasteiger partial charge in [0.25, 0.3) is 0 Å². The fourth-order valence-corrected chi connectivity index (χ4v) is 2.86. The van der Waals surface area contributed by atoms with Crippen molar-refractivity contribution >= 4 is 10.9 Å². The normalized spacial score (nSPS) is 13.2. The van der Waals surface area contributed by atoms with Gasteiger partial charge in [-0.05, 0) is 42.8 Å². The predicted octanol–water partition coefficient (Wildman–Crippen LogP) is 4.75. The molecule has 2 nitrogen and oxygen atoms in total. The Hall–Kier alpha value is -1.28. The van der Waals surface area contributed by atoms with Gasteiger partial charge in [0.2, 0.25) is 0 Å². The van der Waals surface area contributed by atoms with Crippen LogP contribution in [0.2, 0.25) is 0 Å². The molecule has 1 aromatic carbocycles. The van der Waals surface area contributed by atoms with Crippen molar-refractivity contribution in [2.24, 2.45) is 5.92 Å². The highest BCUT2D eigenvalue weighted by Gasteiger charge is 2.10. The Morgan fingerprint density at radius 3 is 2.65 bits per heavy atom. The molecule has 0 aliphatic rings. The van der Waals surface area contributed by atoms with Crippen LogP contribution in [0, 0.1) is 5.92 Å². The molecule has 0 amide bonds. The third kappa shape index (κ3) is 3.43. The summed E-state index contributed by atoms with van der Waals surface area (Å²) in [5, 5.41) is 4.93. The summed E-state index contributed by atoms with van der Waals surface area (Å²) in [6, 6.07) is 9.46. The van der Waals surface area contributed by atoms with Gasteiger partial charge in [0.05, 0.1) is 5.52 Å². The molecule has 2 rings (SSSR count). The number of hydrogen-bond acceptors (Lipinski definition) is 1. The van der Waals surface area contributed by atoms with Crippen LogP contribution in [-0.4, -0.2) is 11.1 Å². The molecule has 0 bridgehead atoms. The van der Waals surface area contributed by atoms with Crippen molar-refractivity contribution < 1.29 is 0 Å². The summed E-state index contributed by atoms with van der Waals surface area (Å²) in [6.07, 6.45) is 4.71. The number of para-hydroxylation sites is 1. The lowest BCUT2D eigenvalue weighted by Gasteiger charge is -2.17. The lowest BCUT2D eigenvalue weighted by molar-refractivity contribution is 0.512. The molecule has 20 heavy (non-hydrogen) atoms. The minimum absolute atomic E-state index is 0.573. The topological polar surface area (TPSA) is 17.0 Å². The highest BCUT2D eigenvalue weighted by molar-refractivity contribution is 5.83. The van der Waals surface area contributed by atoms with E-state index in [4.69, 9.17) is 0 Å². The zero-order valence-electron chi connectivity index (χ0n) is 13.3. The minimum atomic E-state index is 0.573. The average Bonchev–Trinajstić information content (AvgIpc) is 2.83. The van der Waals surface area contributed by atoms with Gasteiger partial charge < -0.3 is 9.88 Å². The van der Waals surface area contributed by atoms with E-state index in [0.717, 1.165) is 13.1 Å². The lowest BCUT2D eigenvalue weighted by atomic mass is 10.1. The van der Waals surface area contributed by atoms with E-state index in [1.807, 2.05) is 0 Å². The Morgan fingerprint density at radius 2 is 1.95 bits per heavy atom. The predicted molar refractivity (Wildman–Crippen MR) is 88.1 cm³/mol. The first-order valence-corrected chi connectivity index (χ1v) is 7.92. The Morgan fingerprint density at radius 1 is 1.15 bits per heavy atom. The Balaban J connectivity index is 2.26. The van der Waals surface area contributed by atoms with E-state index in [0.29, 0.717) is 12.0 Å². The summed E-state index contributed by atoms with van der Waals surface area (Å²) in [5.74, 6) is 0.694. The molecular weight excluding hydrogens is 244 g/mol. The molecule has 1 unspecified atom stereocenters. The number of fused-ring (bicyclic) bond motifs is 1. The molecule has 110 valence electrons. The third-order valence-corrected chi connectivity index (χ3v) is 3.87. The minimum Gasteiger partial charge on any atom is -0.344 e. The van der Waals surface area contributed by atoms with Crippen LogP contribution in [0.3, 0.4) is 0 Å². The van der Waals surface area contributed by atoms with E-state index < -0.39 is 0 Å². The second kappa shape index (κ2) is 6.94. The maximum atomic E-state index is 3.57. The largest absolute Gasteiger partial charge is 0.344 e. The highest BCUT2D eigenvalue weighted by atomic mass is 15.0. The standard InChI is InChI=1S/C18H28N2/c1-5-7-15(4)20-11-10-16-8-6-9-17(18(16)20)13-19-12-14(2)3/h6,8-11,14-15,19H,5,7,12-13H2,1-4H3. The average molecular weight is 272 g/mol. The Labute approximate surface area is 123 Å². The molecule has 0 radical (unpaired) electrons. The molecule has 0 spiro atoms. The monoisotopic (exact) mass is 272 g/mol. The van der Waals surface area contributed by atoms with Gasteiger partial charge in [0, 0.05) is 18.8 Å². The molecule has 1 heterocycles. The smallest absolute Gasteiger partial charge is 0.0528 e. The fraction of sp³-hybridized carbons (Fsp3) is 0.556. The van der Waals surface area contributed by atoms with E-state index in [1.165, 1.54) is 29.3 Å². The molecule has 2 aromatic rings. The van der Waals surface area contributed by atoms with E-state index >= 15 is 0 Å². The summed E-state index contributed by atoms with van der Waals surface area (Å²) >= 11 is 0. The number of benzene rings is 1. The van der Waals surface area contributed by atoms with Crippen LogP contribution >= 0.6 is 0 Å². The molecule has 1 aromatic heterocycles. The zero-order valence-corrected chi connectivity index (χ0v) is 13.3. The second-order valence-corrected chi connectivity index (χ2v) is 6.24. The van der Waals surface area contributed by atoms with Crippen LogP contribution < -0.4 is 5.32 Å². The summed E-state index contributed by atoms with van der Waals surface area (Å²) < 4.78 is 2.45. The van der Waals surface area contributed by atoms with E-state index in [-0.39, 0.29) is 0 Å². The summed E-state index contributed by atoms with van der Waals surface area (Å²) in [5.41, 5.74) is 2.82. The number of nitrogens with zero attached hydrogens (tertiary/aromatic N) is 1. The van der Waals surface area contributed by atoms with Crippen molar-refractivity contribution in [1.82, 2.24) is 9.88 Å². The Kier molecular flexibility index (Phi) is 5.24. The van der Waals surface area contributed by atoms with Gasteiger partial charge in [0.15, 0.2) is 0 Å². The van der Waals surface area contributed by atoms with Gasteiger partial charge in [-0.15, -0.1) is 0 Å². The molecule has 0 saturated heterocycles. The third-order valence-electron chi connectivity index (χ3n) is 3.87. The molecule has 2 heteroatoms. The number of hydrogen-bond donors (Lipinski definition) is 1. The highest BCUT2D eigenvalue weighted by Crippen LogP contribution is 2.25. The van der Waals surface area contributed by atoms with Gasteiger partial charge in [0.1, 0.15) is 0 Å². The van der Waals surface area contributed by atoms with Crippen molar-refractivity contribution in [2.75, 3.05) is 6.54 Å². The first kappa shape index (κ1) is 15.1. The van der Waals surface area contributed by atoms with Crippen LogP contribution in [0.1, 0.15) is 52.1 Å². The van der Waals surface area contributed by atoms with Gasteiger partial charge in [-0.2, -0.15) is 0 Å². The second-order valence-electron chi connectivity index (χ2n) is 6.24. The summed E-state index contributed by atoms with van der Waals surface area (Å²) in [6.45, 7) is 11.1. The van der Waals surface area contributed by atoms with E-state index in [2.05, 4.69) is 68.0 Å². The Bertz CT molecular complexity index is 539. The van der Waals surface area contributed by atoms with E-state index in [9.17, 15) is 0 Å². The zero-order chi connectivity index (χ0) is 14.5. The van der Waals surface area contributed by atoms with Crippen LogP contribution in [-0.2, 0) is 6.54 Å². The summed E-state index contributed by atoms with van der Waals surface area (Å²) in [4.78, 5) is 0. The van der Waals surface area contributed by atoms with Crippen LogP contribution in [0.4, 0.5) is 0 Å². The number of aromatic nitrogens is 1. The van der Waals surface area contributed by atoms with Gasteiger partial charge in [-0.3, -0.25) is 0 Å².